The highest BCUT2D eigenvalue weighted by molar-refractivity contribution is 4.92. The summed E-state index contributed by atoms with van der Waals surface area (Å²) in [4.78, 5) is 2.70. The quantitative estimate of drug-likeness (QED) is 0.831. The van der Waals surface area contributed by atoms with Crippen LogP contribution < -0.4 is 5.73 Å². The molecule has 1 saturated heterocycles. The highest BCUT2D eigenvalue weighted by Gasteiger charge is 2.36. The Bertz CT molecular complexity index is 262. The Hall–Kier alpha value is -0.0800. The van der Waals surface area contributed by atoms with Crippen LogP contribution in [0.2, 0.25) is 0 Å². The normalized spacial score (nSPS) is 37.0. The van der Waals surface area contributed by atoms with Gasteiger partial charge in [-0.3, -0.25) is 4.90 Å². The first-order valence-corrected chi connectivity index (χ1v) is 8.03. The van der Waals surface area contributed by atoms with Gasteiger partial charge < -0.3 is 5.73 Å². The summed E-state index contributed by atoms with van der Waals surface area (Å²) in [6, 6.07) is 0.453. The second-order valence-electron chi connectivity index (χ2n) is 7.25. The molecule has 0 aromatic rings. The van der Waals surface area contributed by atoms with E-state index in [1.807, 2.05) is 0 Å². The maximum Gasteiger partial charge on any atom is 0.0153 e. The van der Waals surface area contributed by atoms with Crippen molar-refractivity contribution in [3.05, 3.63) is 0 Å². The number of nitrogens with two attached hydrogens (primary N) is 1. The van der Waals surface area contributed by atoms with Crippen molar-refractivity contribution >= 4 is 0 Å². The molecule has 0 bridgehead atoms. The zero-order chi connectivity index (χ0) is 13.2. The van der Waals surface area contributed by atoms with E-state index in [0.717, 1.165) is 11.8 Å². The molecule has 2 heteroatoms. The van der Waals surface area contributed by atoms with Crippen molar-refractivity contribution in [2.45, 2.75) is 77.3 Å². The van der Waals surface area contributed by atoms with Crippen LogP contribution in [0.15, 0.2) is 0 Å². The lowest BCUT2D eigenvalue weighted by atomic mass is 9.76. The van der Waals surface area contributed by atoms with E-state index in [0.29, 0.717) is 11.6 Å². The molecule has 18 heavy (non-hydrogen) atoms. The minimum absolute atomic E-state index is 0.414. The number of likely N-dealkylation sites (tertiary alicyclic amines) is 1. The van der Waals surface area contributed by atoms with Gasteiger partial charge in [0.2, 0.25) is 0 Å². The lowest BCUT2D eigenvalue weighted by molar-refractivity contribution is 0.107. The lowest BCUT2D eigenvalue weighted by Crippen LogP contribution is -2.47. The summed E-state index contributed by atoms with van der Waals surface area (Å²) in [7, 11) is 0. The van der Waals surface area contributed by atoms with Gasteiger partial charge in [0.25, 0.3) is 0 Å². The Labute approximate surface area is 113 Å². The van der Waals surface area contributed by atoms with Crippen LogP contribution in [0.25, 0.3) is 0 Å². The van der Waals surface area contributed by atoms with Crippen LogP contribution in [-0.2, 0) is 0 Å². The largest absolute Gasteiger partial charge is 0.327 e. The average molecular weight is 252 g/mol. The molecule has 0 aromatic heterocycles. The first-order chi connectivity index (χ1) is 8.53. The number of rotatable bonds is 4. The van der Waals surface area contributed by atoms with E-state index in [4.69, 9.17) is 5.73 Å². The standard InChI is InChI=1S/C16H32N2/c1-4-6-13-7-8-15(17)14(11-13)12-18-10-5-9-16(18,2)3/h13-15H,4-12,17H2,1-3H3. The highest BCUT2D eigenvalue weighted by atomic mass is 15.2. The van der Waals surface area contributed by atoms with Gasteiger partial charge in [0, 0.05) is 18.1 Å². The monoisotopic (exact) mass is 252 g/mol. The summed E-state index contributed by atoms with van der Waals surface area (Å²) in [5.74, 6) is 1.69. The number of hydrogen-bond acceptors (Lipinski definition) is 2. The molecule has 0 spiro atoms. The van der Waals surface area contributed by atoms with Crippen molar-refractivity contribution in [1.82, 2.24) is 4.90 Å². The van der Waals surface area contributed by atoms with E-state index in [1.165, 1.54) is 58.0 Å². The Kier molecular flexibility index (Phi) is 4.71. The third kappa shape index (κ3) is 3.27. The van der Waals surface area contributed by atoms with E-state index in [9.17, 15) is 0 Å². The van der Waals surface area contributed by atoms with Crippen LogP contribution >= 0.6 is 0 Å². The Morgan fingerprint density at radius 1 is 1.28 bits per heavy atom. The van der Waals surface area contributed by atoms with Gasteiger partial charge in [-0.25, -0.2) is 0 Å². The van der Waals surface area contributed by atoms with Crippen LogP contribution in [0.5, 0.6) is 0 Å². The summed E-state index contributed by atoms with van der Waals surface area (Å²) in [5.41, 5.74) is 6.79. The van der Waals surface area contributed by atoms with Crippen molar-refractivity contribution in [3.8, 4) is 0 Å². The van der Waals surface area contributed by atoms with Crippen molar-refractivity contribution in [1.29, 1.82) is 0 Å². The van der Waals surface area contributed by atoms with Crippen molar-refractivity contribution in [3.63, 3.8) is 0 Å². The molecule has 1 saturated carbocycles. The molecule has 2 fully saturated rings. The van der Waals surface area contributed by atoms with Crippen molar-refractivity contribution < 1.29 is 0 Å². The smallest absolute Gasteiger partial charge is 0.0153 e. The van der Waals surface area contributed by atoms with Gasteiger partial charge in [0.05, 0.1) is 0 Å². The van der Waals surface area contributed by atoms with Crippen LogP contribution in [0.1, 0.15) is 65.7 Å². The maximum atomic E-state index is 6.38. The maximum absolute atomic E-state index is 6.38. The van der Waals surface area contributed by atoms with Crippen LogP contribution in [0.3, 0.4) is 0 Å². The zero-order valence-corrected chi connectivity index (χ0v) is 12.6. The van der Waals surface area contributed by atoms with Gasteiger partial charge in [0.15, 0.2) is 0 Å². The molecule has 2 rings (SSSR count). The summed E-state index contributed by atoms with van der Waals surface area (Å²) >= 11 is 0. The molecule has 3 unspecified atom stereocenters. The first kappa shape index (κ1) is 14.3. The van der Waals surface area contributed by atoms with E-state index >= 15 is 0 Å². The number of nitrogens with zero attached hydrogens (tertiary/aromatic N) is 1. The third-order valence-electron chi connectivity index (χ3n) is 5.37. The first-order valence-electron chi connectivity index (χ1n) is 8.03. The fraction of sp³-hybridized carbons (Fsp3) is 1.00. The molecule has 106 valence electrons. The van der Waals surface area contributed by atoms with Gasteiger partial charge in [-0.2, -0.15) is 0 Å². The molecule has 0 radical (unpaired) electrons. The molecule has 1 heterocycles. The zero-order valence-electron chi connectivity index (χ0n) is 12.6. The van der Waals surface area contributed by atoms with Gasteiger partial charge in [-0.1, -0.05) is 19.8 Å². The SMILES string of the molecule is CCCC1CCC(N)C(CN2CCCC2(C)C)C1. The van der Waals surface area contributed by atoms with Gasteiger partial charge in [-0.15, -0.1) is 0 Å². The molecular formula is C16H32N2. The minimum Gasteiger partial charge on any atom is -0.327 e. The molecule has 2 N–H and O–H groups in total. The molecule has 2 aliphatic rings. The van der Waals surface area contributed by atoms with Gasteiger partial charge in [-0.05, 0) is 64.3 Å². The van der Waals surface area contributed by atoms with Crippen LogP contribution in [0.4, 0.5) is 0 Å². The van der Waals surface area contributed by atoms with E-state index < -0.39 is 0 Å². The minimum atomic E-state index is 0.414. The molecule has 3 atom stereocenters. The number of hydrogen-bond donors (Lipinski definition) is 1. The Morgan fingerprint density at radius 3 is 2.67 bits per heavy atom. The summed E-state index contributed by atoms with van der Waals surface area (Å²) in [6.45, 7) is 9.64. The van der Waals surface area contributed by atoms with E-state index in [2.05, 4.69) is 25.7 Å². The van der Waals surface area contributed by atoms with Crippen molar-refractivity contribution in [2.75, 3.05) is 13.1 Å². The molecule has 2 nitrogen and oxygen atoms in total. The predicted molar refractivity (Wildman–Crippen MR) is 78.6 cm³/mol. The second-order valence-corrected chi connectivity index (χ2v) is 7.25. The molecular weight excluding hydrogens is 220 g/mol. The van der Waals surface area contributed by atoms with Crippen molar-refractivity contribution in [2.24, 2.45) is 17.6 Å². The second kappa shape index (κ2) is 5.92. The highest BCUT2D eigenvalue weighted by Crippen LogP contribution is 2.35. The fourth-order valence-electron chi connectivity index (χ4n) is 4.05. The molecule has 1 aliphatic carbocycles. The summed E-state index contributed by atoms with van der Waals surface area (Å²) in [5, 5.41) is 0. The molecule has 0 amide bonds. The fourth-order valence-corrected chi connectivity index (χ4v) is 4.05. The lowest BCUT2D eigenvalue weighted by Gasteiger charge is -2.40. The average Bonchev–Trinajstić information content (AvgIpc) is 2.63. The van der Waals surface area contributed by atoms with Gasteiger partial charge in [0.1, 0.15) is 0 Å². The van der Waals surface area contributed by atoms with E-state index in [-0.39, 0.29) is 0 Å². The van der Waals surface area contributed by atoms with Crippen LogP contribution in [0, 0.1) is 11.8 Å². The summed E-state index contributed by atoms with van der Waals surface area (Å²) in [6.07, 6.45) is 9.47. The Morgan fingerprint density at radius 2 is 2.06 bits per heavy atom. The Balaban J connectivity index is 1.90. The van der Waals surface area contributed by atoms with Gasteiger partial charge >= 0.3 is 0 Å². The molecule has 1 aliphatic heterocycles. The van der Waals surface area contributed by atoms with Crippen LogP contribution in [-0.4, -0.2) is 29.6 Å². The summed E-state index contributed by atoms with van der Waals surface area (Å²) < 4.78 is 0. The predicted octanol–water partition coefficient (Wildman–Crippen LogP) is 3.40. The molecule has 0 aromatic carbocycles. The van der Waals surface area contributed by atoms with E-state index in [1.54, 1.807) is 0 Å². The topological polar surface area (TPSA) is 29.3 Å². The third-order valence-corrected chi connectivity index (χ3v) is 5.37.